The Morgan fingerprint density at radius 1 is 1.14 bits per heavy atom. The third-order valence-electron chi connectivity index (χ3n) is 3.14. The van der Waals surface area contributed by atoms with E-state index < -0.39 is 0 Å². The monoisotopic (exact) mass is 389 g/mol. The lowest BCUT2D eigenvalue weighted by atomic mass is 9.98. The average molecular weight is 391 g/mol. The van der Waals surface area contributed by atoms with E-state index in [-0.39, 0.29) is 11.9 Å². The van der Waals surface area contributed by atoms with Crippen LogP contribution in [0.5, 0.6) is 0 Å². The Labute approximate surface area is 142 Å². The first-order valence-electron chi connectivity index (χ1n) is 6.66. The van der Waals surface area contributed by atoms with E-state index in [9.17, 15) is 4.39 Å². The van der Waals surface area contributed by atoms with Crippen LogP contribution in [-0.4, -0.2) is 6.54 Å². The van der Waals surface area contributed by atoms with Crippen LogP contribution < -0.4 is 5.32 Å². The van der Waals surface area contributed by atoms with Gasteiger partial charge in [0.15, 0.2) is 0 Å². The second kappa shape index (κ2) is 7.59. The van der Waals surface area contributed by atoms with Gasteiger partial charge in [0.2, 0.25) is 0 Å². The maximum atomic E-state index is 13.6. The summed E-state index contributed by atoms with van der Waals surface area (Å²) in [4.78, 5) is 0. The third kappa shape index (κ3) is 4.19. The van der Waals surface area contributed by atoms with Crippen LogP contribution >= 0.6 is 39.1 Å². The highest BCUT2D eigenvalue weighted by Crippen LogP contribution is 2.32. The van der Waals surface area contributed by atoms with Crippen molar-refractivity contribution < 1.29 is 4.39 Å². The van der Waals surface area contributed by atoms with Gasteiger partial charge in [-0.15, -0.1) is 0 Å². The van der Waals surface area contributed by atoms with Gasteiger partial charge in [-0.25, -0.2) is 4.39 Å². The number of benzene rings is 2. The molecule has 0 saturated heterocycles. The zero-order valence-corrected chi connectivity index (χ0v) is 14.6. The van der Waals surface area contributed by atoms with Crippen LogP contribution in [0.1, 0.15) is 30.5 Å². The zero-order valence-electron chi connectivity index (χ0n) is 11.5. The van der Waals surface area contributed by atoms with Crippen molar-refractivity contribution in [3.8, 4) is 0 Å². The first-order chi connectivity index (χ1) is 10.0. The minimum Gasteiger partial charge on any atom is -0.306 e. The Morgan fingerprint density at radius 3 is 2.52 bits per heavy atom. The summed E-state index contributed by atoms with van der Waals surface area (Å²) in [5.41, 5.74) is 1.70. The summed E-state index contributed by atoms with van der Waals surface area (Å²) in [6.07, 6.45) is 0.970. The highest BCUT2D eigenvalue weighted by Gasteiger charge is 2.18. The van der Waals surface area contributed by atoms with Gasteiger partial charge in [0.25, 0.3) is 0 Å². The molecule has 0 spiro atoms. The van der Waals surface area contributed by atoms with E-state index in [0.717, 1.165) is 28.6 Å². The van der Waals surface area contributed by atoms with Gasteiger partial charge in [-0.1, -0.05) is 36.2 Å². The topological polar surface area (TPSA) is 12.0 Å². The molecule has 0 bridgehead atoms. The molecule has 2 rings (SSSR count). The molecular weight excluding hydrogens is 376 g/mol. The highest BCUT2D eigenvalue weighted by atomic mass is 79.9. The molecule has 0 saturated carbocycles. The fourth-order valence-electron chi connectivity index (χ4n) is 2.12. The smallest absolute Gasteiger partial charge is 0.123 e. The fourth-order valence-corrected chi connectivity index (χ4v) is 2.86. The van der Waals surface area contributed by atoms with Crippen molar-refractivity contribution in [3.63, 3.8) is 0 Å². The van der Waals surface area contributed by atoms with E-state index in [4.69, 9.17) is 23.2 Å². The second-order valence-corrected chi connectivity index (χ2v) is 6.40. The van der Waals surface area contributed by atoms with E-state index in [1.807, 2.05) is 18.2 Å². The lowest BCUT2D eigenvalue weighted by Crippen LogP contribution is -2.23. The first kappa shape index (κ1) is 16.8. The molecule has 2 aromatic carbocycles. The van der Waals surface area contributed by atoms with E-state index in [2.05, 4.69) is 28.2 Å². The van der Waals surface area contributed by atoms with Crippen molar-refractivity contribution in [2.45, 2.75) is 19.4 Å². The molecule has 0 aromatic heterocycles. The van der Waals surface area contributed by atoms with Crippen LogP contribution in [0, 0.1) is 5.82 Å². The number of halogens is 4. The molecule has 0 aliphatic carbocycles. The summed E-state index contributed by atoms with van der Waals surface area (Å²) in [6.45, 7) is 2.88. The fraction of sp³-hybridized carbons (Fsp3) is 0.250. The molecule has 0 aliphatic rings. The van der Waals surface area contributed by atoms with Gasteiger partial charge in [-0.05, 0) is 70.4 Å². The highest BCUT2D eigenvalue weighted by molar-refractivity contribution is 9.10. The molecule has 0 radical (unpaired) electrons. The minimum absolute atomic E-state index is 0.179. The van der Waals surface area contributed by atoms with Crippen molar-refractivity contribution >= 4 is 39.1 Å². The number of nitrogens with one attached hydrogen (secondary N) is 1. The molecule has 1 N–H and O–H groups in total. The summed E-state index contributed by atoms with van der Waals surface area (Å²) >= 11 is 15.7. The van der Waals surface area contributed by atoms with Crippen molar-refractivity contribution in [2.75, 3.05) is 6.54 Å². The second-order valence-electron chi connectivity index (χ2n) is 4.73. The third-order valence-corrected chi connectivity index (χ3v) is 4.70. The van der Waals surface area contributed by atoms with E-state index in [0.29, 0.717) is 10.0 Å². The van der Waals surface area contributed by atoms with Gasteiger partial charge < -0.3 is 5.32 Å². The van der Waals surface area contributed by atoms with Crippen molar-refractivity contribution in [3.05, 3.63) is 67.9 Å². The van der Waals surface area contributed by atoms with Gasteiger partial charge in [0, 0.05) is 9.50 Å². The van der Waals surface area contributed by atoms with Gasteiger partial charge >= 0.3 is 0 Å². The molecule has 1 unspecified atom stereocenters. The van der Waals surface area contributed by atoms with Crippen molar-refractivity contribution in [1.29, 1.82) is 0 Å². The van der Waals surface area contributed by atoms with Gasteiger partial charge in [0.1, 0.15) is 5.82 Å². The molecule has 0 heterocycles. The Hall–Kier alpha value is -0.610. The van der Waals surface area contributed by atoms with Gasteiger partial charge in [0.05, 0.1) is 11.1 Å². The minimum atomic E-state index is -0.300. The van der Waals surface area contributed by atoms with Crippen LogP contribution in [-0.2, 0) is 0 Å². The van der Waals surface area contributed by atoms with Crippen LogP contribution in [0.2, 0.25) is 10.0 Å². The molecule has 5 heteroatoms. The molecule has 1 atom stereocenters. The number of hydrogen-bond donors (Lipinski definition) is 1. The Bertz CT molecular complexity index is 634. The lowest BCUT2D eigenvalue weighted by molar-refractivity contribution is 0.585. The van der Waals surface area contributed by atoms with E-state index >= 15 is 0 Å². The summed E-state index contributed by atoms with van der Waals surface area (Å²) < 4.78 is 14.4. The summed E-state index contributed by atoms with van der Waals surface area (Å²) in [5.74, 6) is -0.300. The number of hydrogen-bond acceptors (Lipinski definition) is 1. The molecular formula is C16H15BrCl2FN. The van der Waals surface area contributed by atoms with Gasteiger partial charge in [-0.2, -0.15) is 0 Å². The van der Waals surface area contributed by atoms with Crippen molar-refractivity contribution in [1.82, 2.24) is 5.32 Å². The maximum absolute atomic E-state index is 13.6. The quantitative estimate of drug-likeness (QED) is 0.661. The summed E-state index contributed by atoms with van der Waals surface area (Å²) in [5, 5.41) is 4.58. The molecule has 1 nitrogen and oxygen atoms in total. The molecule has 0 aliphatic heterocycles. The standard InChI is InChI=1S/C16H15BrCl2FN/c1-2-7-21-16(10-3-5-15(19)13(17)8-10)12-9-11(20)4-6-14(12)18/h3-6,8-9,16,21H,2,7H2,1H3. The zero-order chi connectivity index (χ0) is 15.4. The first-order valence-corrected chi connectivity index (χ1v) is 8.21. The van der Waals surface area contributed by atoms with Crippen molar-refractivity contribution in [2.24, 2.45) is 0 Å². The number of rotatable bonds is 5. The van der Waals surface area contributed by atoms with E-state index in [1.165, 1.54) is 12.1 Å². The van der Waals surface area contributed by atoms with Crippen LogP contribution in [0.4, 0.5) is 4.39 Å². The molecule has 21 heavy (non-hydrogen) atoms. The Balaban J connectivity index is 2.46. The predicted molar refractivity (Wildman–Crippen MR) is 90.7 cm³/mol. The normalized spacial score (nSPS) is 12.4. The Morgan fingerprint density at radius 2 is 1.86 bits per heavy atom. The maximum Gasteiger partial charge on any atom is 0.123 e. The van der Waals surface area contributed by atoms with Crippen LogP contribution in [0.25, 0.3) is 0 Å². The molecule has 2 aromatic rings. The Kier molecular flexibility index (Phi) is 6.06. The molecule has 0 fully saturated rings. The summed E-state index contributed by atoms with van der Waals surface area (Å²) in [7, 11) is 0. The van der Waals surface area contributed by atoms with Gasteiger partial charge in [-0.3, -0.25) is 0 Å². The predicted octanol–water partition coefficient (Wildman–Crippen LogP) is 5.98. The summed E-state index contributed by atoms with van der Waals surface area (Å²) in [6, 6.07) is 9.89. The lowest BCUT2D eigenvalue weighted by Gasteiger charge is -2.21. The molecule has 0 amide bonds. The molecule has 112 valence electrons. The van der Waals surface area contributed by atoms with E-state index in [1.54, 1.807) is 6.07 Å². The van der Waals surface area contributed by atoms with Crippen LogP contribution in [0.3, 0.4) is 0 Å². The largest absolute Gasteiger partial charge is 0.306 e. The SMILES string of the molecule is CCCNC(c1ccc(Cl)c(Br)c1)c1cc(F)ccc1Cl. The van der Waals surface area contributed by atoms with Crippen LogP contribution in [0.15, 0.2) is 40.9 Å². The average Bonchev–Trinajstić information content (AvgIpc) is 2.46.